The summed E-state index contributed by atoms with van der Waals surface area (Å²) in [5.41, 5.74) is 1.88. The maximum atomic E-state index is 12.7. The summed E-state index contributed by atoms with van der Waals surface area (Å²) in [4.78, 5) is 0. The summed E-state index contributed by atoms with van der Waals surface area (Å²) in [6.45, 7) is 1.17. The lowest BCUT2D eigenvalue weighted by atomic mass is 10.2. The number of anilines is 1. The Morgan fingerprint density at radius 3 is 2.67 bits per heavy atom. The lowest BCUT2D eigenvalue weighted by Crippen LogP contribution is -2.02. The van der Waals surface area contributed by atoms with Crippen molar-refractivity contribution in [3.05, 3.63) is 48.0 Å². The van der Waals surface area contributed by atoms with Crippen molar-refractivity contribution in [1.29, 1.82) is 0 Å². The second kappa shape index (κ2) is 6.98. The molecule has 0 amide bonds. The van der Waals surface area contributed by atoms with Gasteiger partial charge in [-0.15, -0.1) is 12.4 Å². The summed E-state index contributed by atoms with van der Waals surface area (Å²) >= 11 is 0. The third-order valence-corrected chi connectivity index (χ3v) is 2.37. The van der Waals surface area contributed by atoms with Crippen molar-refractivity contribution < 1.29 is 9.50 Å². The fourth-order valence-electron chi connectivity index (χ4n) is 1.49. The monoisotopic (exact) mass is 271 g/mol. The Morgan fingerprint density at radius 1 is 1.28 bits per heavy atom. The van der Waals surface area contributed by atoms with E-state index in [9.17, 15) is 4.39 Å². The third kappa shape index (κ3) is 4.01. The van der Waals surface area contributed by atoms with Crippen LogP contribution in [0.15, 0.2) is 36.7 Å². The number of nitrogens with zero attached hydrogens (tertiary/aromatic N) is 2. The molecule has 1 aromatic carbocycles. The van der Waals surface area contributed by atoms with Gasteiger partial charge in [-0.2, -0.15) is 5.10 Å². The molecule has 4 nitrogen and oxygen atoms in total. The molecule has 1 aromatic heterocycles. The number of halogens is 2. The first-order chi connectivity index (χ1) is 8.28. The van der Waals surface area contributed by atoms with Crippen LogP contribution in [0.4, 0.5) is 10.1 Å². The van der Waals surface area contributed by atoms with Crippen LogP contribution in [0.25, 0.3) is 0 Å². The molecule has 2 N–H and O–H groups in total. The van der Waals surface area contributed by atoms with Gasteiger partial charge in [-0.25, -0.2) is 4.39 Å². The highest BCUT2D eigenvalue weighted by Gasteiger charge is 1.98. The van der Waals surface area contributed by atoms with Gasteiger partial charge in [-0.1, -0.05) is 12.1 Å². The molecule has 2 rings (SSSR count). The van der Waals surface area contributed by atoms with Gasteiger partial charge in [0.15, 0.2) is 0 Å². The minimum absolute atomic E-state index is 0. The van der Waals surface area contributed by atoms with Crippen LogP contribution in [0.2, 0.25) is 0 Å². The van der Waals surface area contributed by atoms with Crippen molar-refractivity contribution in [2.75, 3.05) is 11.9 Å². The summed E-state index contributed by atoms with van der Waals surface area (Å²) in [7, 11) is 0. The van der Waals surface area contributed by atoms with E-state index in [1.54, 1.807) is 23.0 Å². The average Bonchev–Trinajstić information content (AvgIpc) is 2.77. The maximum absolute atomic E-state index is 12.7. The summed E-state index contributed by atoms with van der Waals surface area (Å²) in [5.74, 6) is -0.232. The van der Waals surface area contributed by atoms with Gasteiger partial charge in [0.05, 0.1) is 25.0 Å². The van der Waals surface area contributed by atoms with Crippen molar-refractivity contribution in [1.82, 2.24) is 9.78 Å². The van der Waals surface area contributed by atoms with Gasteiger partial charge in [0.25, 0.3) is 0 Å². The molecule has 0 aliphatic heterocycles. The average molecular weight is 272 g/mol. The van der Waals surface area contributed by atoms with Crippen LogP contribution in [-0.4, -0.2) is 21.5 Å². The van der Waals surface area contributed by atoms with E-state index in [2.05, 4.69) is 10.4 Å². The summed E-state index contributed by atoms with van der Waals surface area (Å²) < 4.78 is 14.3. The zero-order valence-corrected chi connectivity index (χ0v) is 10.5. The lowest BCUT2D eigenvalue weighted by molar-refractivity contribution is 0.269. The normalized spacial score (nSPS) is 9.89. The molecule has 0 saturated carbocycles. The number of nitrogens with one attached hydrogen (secondary N) is 1. The highest BCUT2D eigenvalue weighted by Crippen LogP contribution is 2.08. The van der Waals surface area contributed by atoms with E-state index in [0.717, 1.165) is 11.3 Å². The Morgan fingerprint density at radius 2 is 2.00 bits per heavy atom. The Kier molecular flexibility index (Phi) is 5.61. The minimum Gasteiger partial charge on any atom is -0.394 e. The standard InChI is InChI=1S/C12H14FN3O.ClH/c13-11-3-1-10(2-4-11)7-14-12-8-15-16(9-12)5-6-17;/h1-4,8-9,14,17H,5-7H2;1H. The number of benzene rings is 1. The largest absolute Gasteiger partial charge is 0.394 e. The molecule has 2 aromatic rings. The number of aliphatic hydroxyl groups excluding tert-OH is 1. The molecule has 0 spiro atoms. The van der Waals surface area contributed by atoms with Crippen LogP contribution >= 0.6 is 12.4 Å². The lowest BCUT2D eigenvalue weighted by Gasteiger charge is -2.03. The minimum atomic E-state index is -0.232. The molecule has 6 heteroatoms. The molecule has 0 aliphatic rings. The second-order valence-corrected chi connectivity index (χ2v) is 3.70. The van der Waals surface area contributed by atoms with Crippen molar-refractivity contribution in [3.63, 3.8) is 0 Å². The number of aromatic nitrogens is 2. The van der Waals surface area contributed by atoms with E-state index in [4.69, 9.17) is 5.11 Å². The Balaban J connectivity index is 0.00000162. The molecule has 0 aliphatic carbocycles. The van der Waals surface area contributed by atoms with Crippen molar-refractivity contribution in [3.8, 4) is 0 Å². The first-order valence-electron chi connectivity index (χ1n) is 5.39. The van der Waals surface area contributed by atoms with Gasteiger partial charge in [-0.3, -0.25) is 4.68 Å². The van der Waals surface area contributed by atoms with Gasteiger partial charge >= 0.3 is 0 Å². The molecule has 98 valence electrons. The molecule has 18 heavy (non-hydrogen) atoms. The summed E-state index contributed by atoms with van der Waals surface area (Å²) in [6, 6.07) is 6.35. The maximum Gasteiger partial charge on any atom is 0.123 e. The number of hydrogen-bond donors (Lipinski definition) is 2. The molecule has 0 fully saturated rings. The molecule has 0 unspecified atom stereocenters. The Hall–Kier alpha value is -1.59. The van der Waals surface area contributed by atoms with Crippen molar-refractivity contribution >= 4 is 18.1 Å². The molecule has 0 atom stereocenters. The van der Waals surface area contributed by atoms with E-state index in [1.807, 2.05) is 6.20 Å². The van der Waals surface area contributed by atoms with Crippen LogP contribution in [0, 0.1) is 5.82 Å². The summed E-state index contributed by atoms with van der Waals surface area (Å²) in [5, 5.41) is 16.0. The summed E-state index contributed by atoms with van der Waals surface area (Å²) in [6.07, 6.45) is 3.51. The first-order valence-corrected chi connectivity index (χ1v) is 5.39. The second-order valence-electron chi connectivity index (χ2n) is 3.70. The van der Waals surface area contributed by atoms with Crippen molar-refractivity contribution in [2.45, 2.75) is 13.1 Å². The van der Waals surface area contributed by atoms with Gasteiger partial charge in [0, 0.05) is 12.7 Å². The third-order valence-electron chi connectivity index (χ3n) is 2.37. The predicted molar refractivity (Wildman–Crippen MR) is 70.3 cm³/mol. The van der Waals surface area contributed by atoms with Crippen LogP contribution in [0.5, 0.6) is 0 Å². The van der Waals surface area contributed by atoms with Gasteiger partial charge in [0.1, 0.15) is 5.82 Å². The zero-order valence-electron chi connectivity index (χ0n) is 9.71. The fourth-order valence-corrected chi connectivity index (χ4v) is 1.49. The van der Waals surface area contributed by atoms with Gasteiger partial charge in [-0.05, 0) is 17.7 Å². The number of aliphatic hydroxyl groups is 1. The Labute approximate surface area is 111 Å². The molecular weight excluding hydrogens is 257 g/mol. The molecular formula is C12H15ClFN3O. The van der Waals surface area contributed by atoms with E-state index < -0.39 is 0 Å². The SMILES string of the molecule is Cl.OCCn1cc(NCc2ccc(F)cc2)cn1. The van der Waals surface area contributed by atoms with Crippen molar-refractivity contribution in [2.24, 2.45) is 0 Å². The van der Waals surface area contributed by atoms with E-state index in [0.29, 0.717) is 13.1 Å². The van der Waals surface area contributed by atoms with E-state index in [-0.39, 0.29) is 24.8 Å². The fraction of sp³-hybridized carbons (Fsp3) is 0.250. The van der Waals surface area contributed by atoms with Gasteiger partial charge < -0.3 is 10.4 Å². The Bertz CT molecular complexity index is 472. The predicted octanol–water partition coefficient (Wildman–Crippen LogP) is 2.05. The quantitative estimate of drug-likeness (QED) is 0.875. The van der Waals surface area contributed by atoms with Crippen LogP contribution < -0.4 is 5.32 Å². The van der Waals surface area contributed by atoms with Crippen LogP contribution in [0.1, 0.15) is 5.56 Å². The number of rotatable bonds is 5. The highest BCUT2D eigenvalue weighted by molar-refractivity contribution is 5.85. The van der Waals surface area contributed by atoms with Crippen LogP contribution in [-0.2, 0) is 13.1 Å². The molecule has 0 radical (unpaired) electrons. The number of hydrogen-bond acceptors (Lipinski definition) is 3. The van der Waals surface area contributed by atoms with E-state index >= 15 is 0 Å². The van der Waals surface area contributed by atoms with Gasteiger partial charge in [0.2, 0.25) is 0 Å². The van der Waals surface area contributed by atoms with E-state index in [1.165, 1.54) is 12.1 Å². The highest BCUT2D eigenvalue weighted by atomic mass is 35.5. The molecule has 1 heterocycles. The smallest absolute Gasteiger partial charge is 0.123 e. The molecule has 0 saturated heterocycles. The molecule has 0 bridgehead atoms. The topological polar surface area (TPSA) is 50.1 Å². The first kappa shape index (κ1) is 14.5. The zero-order chi connectivity index (χ0) is 12.1. The van der Waals surface area contributed by atoms with Crippen LogP contribution in [0.3, 0.4) is 0 Å².